The smallest absolute Gasteiger partial charge is 0.247 e. The van der Waals surface area contributed by atoms with Crippen molar-refractivity contribution in [3.05, 3.63) is 58.3 Å². The largest absolute Gasteiger partial charge is 0.328 e. The first-order valence-corrected chi connectivity index (χ1v) is 7.06. The van der Waals surface area contributed by atoms with Gasteiger partial charge in [-0.3, -0.25) is 9.78 Å². The quantitative estimate of drug-likeness (QED) is 0.855. The first-order valence-electron chi connectivity index (χ1n) is 5.57. The van der Waals surface area contributed by atoms with Crippen LogP contribution >= 0.6 is 0 Å². The van der Waals surface area contributed by atoms with Gasteiger partial charge in [0.15, 0.2) is 0 Å². The summed E-state index contributed by atoms with van der Waals surface area (Å²) in [5.74, 6) is 0. The van der Waals surface area contributed by atoms with Gasteiger partial charge in [-0.05, 0) is 24.6 Å². The summed E-state index contributed by atoms with van der Waals surface area (Å²) >= 11 is 0. The second-order valence-corrected chi connectivity index (χ2v) is 5.79. The molecule has 2 heterocycles. The van der Waals surface area contributed by atoms with Gasteiger partial charge in [0.05, 0.1) is 4.90 Å². The summed E-state index contributed by atoms with van der Waals surface area (Å²) in [7, 11) is -3.63. The maximum atomic E-state index is 11.9. The summed E-state index contributed by atoms with van der Waals surface area (Å²) in [5, 5.41) is 0. The van der Waals surface area contributed by atoms with Crippen molar-refractivity contribution in [2.45, 2.75) is 18.4 Å². The van der Waals surface area contributed by atoms with Crippen molar-refractivity contribution in [2.75, 3.05) is 0 Å². The topological polar surface area (TPSA) is 91.9 Å². The molecule has 2 rings (SSSR count). The number of aromatic amines is 1. The molecule has 0 radical (unpaired) electrons. The van der Waals surface area contributed by atoms with Crippen molar-refractivity contribution < 1.29 is 8.42 Å². The lowest BCUT2D eigenvalue weighted by atomic mass is 10.2. The number of hydrogen-bond acceptors (Lipinski definition) is 4. The number of nitrogens with one attached hydrogen (secondary N) is 2. The molecule has 2 N–H and O–H groups in total. The van der Waals surface area contributed by atoms with Gasteiger partial charge in [0.25, 0.3) is 0 Å². The Labute approximate surface area is 110 Å². The van der Waals surface area contributed by atoms with E-state index in [1.807, 2.05) is 13.0 Å². The van der Waals surface area contributed by atoms with Crippen molar-refractivity contribution in [3.63, 3.8) is 0 Å². The van der Waals surface area contributed by atoms with Crippen molar-refractivity contribution in [1.29, 1.82) is 0 Å². The molecule has 100 valence electrons. The summed E-state index contributed by atoms with van der Waals surface area (Å²) in [5.41, 5.74) is 1.28. The molecule has 6 nitrogen and oxygen atoms in total. The van der Waals surface area contributed by atoms with E-state index in [1.165, 1.54) is 12.1 Å². The van der Waals surface area contributed by atoms with Crippen LogP contribution in [-0.4, -0.2) is 18.4 Å². The highest BCUT2D eigenvalue weighted by atomic mass is 32.2. The Morgan fingerprint density at radius 2 is 2.05 bits per heavy atom. The normalized spacial score (nSPS) is 11.4. The third-order valence-corrected chi connectivity index (χ3v) is 3.90. The zero-order valence-electron chi connectivity index (χ0n) is 10.3. The lowest BCUT2D eigenvalue weighted by molar-refractivity contribution is 0.580. The van der Waals surface area contributed by atoms with Crippen LogP contribution in [0, 0.1) is 6.92 Å². The van der Waals surface area contributed by atoms with Crippen molar-refractivity contribution in [1.82, 2.24) is 14.7 Å². The third-order valence-electron chi connectivity index (χ3n) is 2.50. The van der Waals surface area contributed by atoms with Crippen LogP contribution in [0.1, 0.15) is 11.3 Å². The number of H-pyrrole nitrogens is 1. The first-order chi connectivity index (χ1) is 8.97. The molecule has 19 heavy (non-hydrogen) atoms. The monoisotopic (exact) mass is 279 g/mol. The van der Waals surface area contributed by atoms with E-state index in [4.69, 9.17) is 0 Å². The van der Waals surface area contributed by atoms with Crippen LogP contribution < -0.4 is 10.3 Å². The molecule has 0 unspecified atom stereocenters. The number of nitrogens with zero attached hydrogens (tertiary/aromatic N) is 1. The molecule has 0 fully saturated rings. The molecule has 0 aliphatic rings. The Kier molecular flexibility index (Phi) is 3.77. The molecule has 0 aliphatic carbocycles. The predicted octanol–water partition coefficient (Wildman–Crippen LogP) is 0.557. The standard InChI is InChI=1S/C12H13N3O3S/c1-9-2-3-10(6-13-9)7-15-19(17,18)11-4-5-12(16)14-8-11/h2-6,8,15H,7H2,1H3,(H,14,16). The highest BCUT2D eigenvalue weighted by Crippen LogP contribution is 2.06. The van der Waals surface area contributed by atoms with E-state index < -0.39 is 10.0 Å². The fourth-order valence-corrected chi connectivity index (χ4v) is 2.41. The molecule has 0 aromatic carbocycles. The molecule has 0 atom stereocenters. The molecule has 7 heteroatoms. The summed E-state index contributed by atoms with van der Waals surface area (Å²) in [6.07, 6.45) is 2.78. The highest BCUT2D eigenvalue weighted by molar-refractivity contribution is 7.89. The van der Waals surface area contributed by atoms with Gasteiger partial charge in [-0.2, -0.15) is 0 Å². The van der Waals surface area contributed by atoms with E-state index in [-0.39, 0.29) is 17.0 Å². The molecule has 0 spiro atoms. The summed E-state index contributed by atoms with van der Waals surface area (Å²) in [4.78, 5) is 17.3. The van der Waals surface area contributed by atoms with E-state index in [1.54, 1.807) is 12.3 Å². The van der Waals surface area contributed by atoms with Crippen LogP contribution in [-0.2, 0) is 16.6 Å². The SMILES string of the molecule is Cc1ccc(CNS(=O)(=O)c2ccc(=O)[nH]c2)cn1. The summed E-state index contributed by atoms with van der Waals surface area (Å²) < 4.78 is 26.3. The average Bonchev–Trinajstić information content (AvgIpc) is 2.39. The second kappa shape index (κ2) is 5.33. The highest BCUT2D eigenvalue weighted by Gasteiger charge is 2.13. The van der Waals surface area contributed by atoms with Gasteiger partial charge in [-0.1, -0.05) is 6.07 Å². The van der Waals surface area contributed by atoms with Gasteiger partial charge in [0.2, 0.25) is 15.6 Å². The van der Waals surface area contributed by atoms with Gasteiger partial charge in [0.1, 0.15) is 0 Å². The maximum Gasteiger partial charge on any atom is 0.247 e. The van der Waals surface area contributed by atoms with Crippen LogP contribution in [0.3, 0.4) is 0 Å². The zero-order valence-corrected chi connectivity index (χ0v) is 11.1. The second-order valence-electron chi connectivity index (χ2n) is 4.02. The van der Waals surface area contributed by atoms with Crippen molar-refractivity contribution >= 4 is 10.0 Å². The minimum absolute atomic E-state index is 0.0205. The third kappa shape index (κ3) is 3.49. The number of aryl methyl sites for hydroxylation is 1. The molecule has 0 amide bonds. The molecule has 0 aliphatic heterocycles. The van der Waals surface area contributed by atoms with Gasteiger partial charge < -0.3 is 4.98 Å². The molecular formula is C12H13N3O3S. The lowest BCUT2D eigenvalue weighted by Crippen LogP contribution is -2.24. The molecule has 2 aromatic rings. The Morgan fingerprint density at radius 1 is 1.26 bits per heavy atom. The van der Waals surface area contributed by atoms with Crippen LogP contribution in [0.5, 0.6) is 0 Å². The average molecular weight is 279 g/mol. The fourth-order valence-electron chi connectivity index (χ4n) is 1.43. The van der Waals surface area contributed by atoms with Crippen LogP contribution in [0.2, 0.25) is 0 Å². The molecule has 0 bridgehead atoms. The van der Waals surface area contributed by atoms with Crippen molar-refractivity contribution in [3.8, 4) is 0 Å². The Morgan fingerprint density at radius 3 is 2.63 bits per heavy atom. The van der Waals surface area contributed by atoms with E-state index in [9.17, 15) is 13.2 Å². The molecule has 0 saturated heterocycles. The maximum absolute atomic E-state index is 11.9. The van der Waals surface area contributed by atoms with Gasteiger partial charge in [-0.25, -0.2) is 13.1 Å². The Bertz CT molecular complexity index is 700. The number of rotatable bonds is 4. The molecule has 2 aromatic heterocycles. The van der Waals surface area contributed by atoms with Gasteiger partial charge in [0, 0.05) is 30.7 Å². The Balaban J connectivity index is 2.11. The Hall–Kier alpha value is -1.99. The number of hydrogen-bond donors (Lipinski definition) is 2. The summed E-state index contributed by atoms with van der Waals surface area (Å²) in [6.45, 7) is 2.00. The van der Waals surface area contributed by atoms with Gasteiger partial charge in [-0.15, -0.1) is 0 Å². The predicted molar refractivity (Wildman–Crippen MR) is 70.1 cm³/mol. The molecule has 0 saturated carbocycles. The first kappa shape index (κ1) is 13.4. The minimum Gasteiger partial charge on any atom is -0.328 e. The lowest BCUT2D eigenvalue weighted by Gasteiger charge is -2.06. The molecular weight excluding hydrogens is 266 g/mol. The van der Waals surface area contributed by atoms with E-state index in [2.05, 4.69) is 14.7 Å². The van der Waals surface area contributed by atoms with E-state index in [0.29, 0.717) is 0 Å². The van der Waals surface area contributed by atoms with Crippen molar-refractivity contribution in [2.24, 2.45) is 0 Å². The summed E-state index contributed by atoms with van der Waals surface area (Å²) in [6, 6.07) is 6.04. The van der Waals surface area contributed by atoms with E-state index in [0.717, 1.165) is 17.5 Å². The van der Waals surface area contributed by atoms with Crippen LogP contribution in [0.25, 0.3) is 0 Å². The fraction of sp³-hybridized carbons (Fsp3) is 0.167. The number of sulfonamides is 1. The number of pyridine rings is 2. The van der Waals surface area contributed by atoms with Crippen LogP contribution in [0.4, 0.5) is 0 Å². The minimum atomic E-state index is -3.63. The zero-order chi connectivity index (χ0) is 13.9. The number of aromatic nitrogens is 2. The van der Waals surface area contributed by atoms with Gasteiger partial charge >= 0.3 is 0 Å². The van der Waals surface area contributed by atoms with Crippen LogP contribution in [0.15, 0.2) is 46.3 Å². The van der Waals surface area contributed by atoms with E-state index >= 15 is 0 Å².